The molecule has 1 heterocycles. The van der Waals surface area contributed by atoms with E-state index in [0.717, 1.165) is 34.0 Å². The highest BCUT2D eigenvalue weighted by Crippen LogP contribution is 2.43. The number of anilines is 1. The number of aryl methyl sites for hydroxylation is 2. The molecule has 1 aromatic heterocycles. The van der Waals surface area contributed by atoms with Crippen molar-refractivity contribution in [3.8, 4) is 17.0 Å². The maximum atomic E-state index is 8.94. The topological polar surface area (TPSA) is 89.3 Å². The van der Waals surface area contributed by atoms with Gasteiger partial charge in [0.1, 0.15) is 12.4 Å². The fourth-order valence-corrected chi connectivity index (χ4v) is 3.60. The van der Waals surface area contributed by atoms with Crippen LogP contribution in [0.3, 0.4) is 0 Å². The lowest BCUT2D eigenvalue weighted by Gasteiger charge is -2.16. The minimum absolute atomic E-state index is 0.403. The van der Waals surface area contributed by atoms with Crippen molar-refractivity contribution in [3.05, 3.63) is 77.0 Å². The summed E-state index contributed by atoms with van der Waals surface area (Å²) in [5, 5.41) is 3.32. The molecule has 1 amide bonds. The van der Waals surface area contributed by atoms with Crippen LogP contribution in [0, 0.1) is 13.8 Å². The Morgan fingerprint density at radius 1 is 1.13 bits per heavy atom. The fourth-order valence-electron chi connectivity index (χ4n) is 3.60. The molecule has 0 aliphatic heterocycles. The van der Waals surface area contributed by atoms with Crippen LogP contribution in [0.5, 0.6) is 5.75 Å². The second kappa shape index (κ2) is 10.6. The number of hydrazine groups is 1. The van der Waals surface area contributed by atoms with Gasteiger partial charge in [-0.2, -0.15) is 0 Å². The van der Waals surface area contributed by atoms with Crippen LogP contribution in [0.25, 0.3) is 11.3 Å². The molecule has 0 spiro atoms. The molecular formula is C25H30N4O2. The Labute approximate surface area is 183 Å². The molecule has 1 aliphatic carbocycles. The third kappa shape index (κ3) is 5.83. The largest absolute Gasteiger partial charge is 0.489 e. The monoisotopic (exact) mass is 418 g/mol. The predicted octanol–water partition coefficient (Wildman–Crippen LogP) is 4.47. The third-order valence-electron chi connectivity index (χ3n) is 5.30. The van der Waals surface area contributed by atoms with Gasteiger partial charge in [-0.05, 0) is 80.1 Å². The molecule has 0 radical (unpaired) electrons. The molecule has 162 valence electrons. The molecule has 31 heavy (non-hydrogen) atoms. The summed E-state index contributed by atoms with van der Waals surface area (Å²) in [4.78, 5) is 13.6. The summed E-state index contributed by atoms with van der Waals surface area (Å²) in [7, 11) is 1.98. The van der Waals surface area contributed by atoms with Gasteiger partial charge in [0.15, 0.2) is 0 Å². The van der Waals surface area contributed by atoms with Gasteiger partial charge in [-0.25, -0.2) is 5.84 Å². The summed E-state index contributed by atoms with van der Waals surface area (Å²) < 4.78 is 6.24. The molecule has 0 atom stereocenters. The van der Waals surface area contributed by atoms with Crippen LogP contribution in [0.2, 0.25) is 0 Å². The van der Waals surface area contributed by atoms with Gasteiger partial charge in [0.05, 0.1) is 5.69 Å². The van der Waals surface area contributed by atoms with Crippen molar-refractivity contribution in [1.82, 2.24) is 10.4 Å². The number of hydrogen-bond donors (Lipinski definition) is 3. The Morgan fingerprint density at radius 3 is 2.48 bits per heavy atom. The van der Waals surface area contributed by atoms with E-state index in [2.05, 4.69) is 59.5 Å². The van der Waals surface area contributed by atoms with Gasteiger partial charge in [0.25, 0.3) is 0 Å². The number of hydrogen-bond acceptors (Lipinski definition) is 5. The smallest absolute Gasteiger partial charge is 0.221 e. The zero-order valence-corrected chi connectivity index (χ0v) is 18.3. The van der Waals surface area contributed by atoms with Crippen molar-refractivity contribution in [2.75, 3.05) is 12.4 Å². The molecule has 1 aliphatic rings. The van der Waals surface area contributed by atoms with Crippen LogP contribution in [0.15, 0.2) is 54.6 Å². The highest BCUT2D eigenvalue weighted by atomic mass is 16.5. The van der Waals surface area contributed by atoms with Crippen molar-refractivity contribution in [1.29, 1.82) is 0 Å². The molecule has 1 fully saturated rings. The van der Waals surface area contributed by atoms with Crippen LogP contribution < -0.4 is 21.3 Å². The van der Waals surface area contributed by atoms with Gasteiger partial charge in [-0.3, -0.25) is 15.2 Å². The van der Waals surface area contributed by atoms with Gasteiger partial charge in [-0.1, -0.05) is 18.2 Å². The number of benzene rings is 2. The number of pyridine rings is 1. The number of amides is 1. The van der Waals surface area contributed by atoms with E-state index in [0.29, 0.717) is 18.9 Å². The molecule has 0 saturated heterocycles. The number of nitrogens with one attached hydrogen (secondary N) is 2. The molecule has 0 bridgehead atoms. The van der Waals surface area contributed by atoms with Crippen LogP contribution >= 0.6 is 0 Å². The van der Waals surface area contributed by atoms with Gasteiger partial charge in [0.2, 0.25) is 6.41 Å². The van der Waals surface area contributed by atoms with E-state index in [1.165, 1.54) is 24.0 Å². The first-order valence-corrected chi connectivity index (χ1v) is 10.4. The fraction of sp³-hybridized carbons (Fsp3) is 0.280. The van der Waals surface area contributed by atoms with E-state index >= 15 is 0 Å². The molecule has 2 aromatic carbocycles. The van der Waals surface area contributed by atoms with Crippen molar-refractivity contribution in [3.63, 3.8) is 0 Å². The zero-order valence-electron chi connectivity index (χ0n) is 18.3. The maximum Gasteiger partial charge on any atom is 0.221 e. The Bertz CT molecular complexity index is 1030. The molecule has 4 N–H and O–H groups in total. The van der Waals surface area contributed by atoms with Gasteiger partial charge in [0, 0.05) is 29.6 Å². The number of carbonyl (C=O) groups excluding carboxylic acids is 1. The maximum absolute atomic E-state index is 8.94. The predicted molar refractivity (Wildman–Crippen MR) is 125 cm³/mol. The van der Waals surface area contributed by atoms with Crippen molar-refractivity contribution < 1.29 is 9.53 Å². The quantitative estimate of drug-likeness (QED) is 0.228. The molecule has 6 nitrogen and oxygen atoms in total. The standard InChI is InChI=1S/C24H26N2O.CH4N2O/c1-16-14-19(22-8-4-6-17(2)26-22)12-13-24(16)27-15-21-20(18-10-11-18)7-5-9-23(21)25-3;2-3-1-4/h4-9,12-14,18,25H,10-11,15H2,1-3H3;1H,2H2,(H,3,4). The Balaban J connectivity index is 0.000000628. The van der Waals surface area contributed by atoms with E-state index < -0.39 is 0 Å². The lowest BCUT2D eigenvalue weighted by molar-refractivity contribution is -0.109. The van der Waals surface area contributed by atoms with Gasteiger partial charge >= 0.3 is 0 Å². The number of carbonyl (C=O) groups is 1. The van der Waals surface area contributed by atoms with E-state index in [9.17, 15) is 0 Å². The summed E-state index contributed by atoms with van der Waals surface area (Å²) in [5.74, 6) is 6.04. The van der Waals surface area contributed by atoms with E-state index in [1.54, 1.807) is 5.43 Å². The Kier molecular flexibility index (Phi) is 7.62. The number of nitrogens with zero attached hydrogens (tertiary/aromatic N) is 1. The summed E-state index contributed by atoms with van der Waals surface area (Å²) in [6.45, 7) is 4.70. The van der Waals surface area contributed by atoms with Crippen LogP contribution in [0.4, 0.5) is 5.69 Å². The third-order valence-corrected chi connectivity index (χ3v) is 5.30. The summed E-state index contributed by atoms with van der Waals surface area (Å²) in [5.41, 5.74) is 9.91. The average Bonchev–Trinajstić information content (AvgIpc) is 3.63. The molecule has 0 unspecified atom stereocenters. The summed E-state index contributed by atoms with van der Waals surface area (Å²) >= 11 is 0. The normalized spacial score (nSPS) is 12.4. The minimum atomic E-state index is 0.403. The van der Waals surface area contributed by atoms with E-state index in [1.807, 2.05) is 32.2 Å². The van der Waals surface area contributed by atoms with Gasteiger partial charge < -0.3 is 10.1 Å². The average molecular weight is 419 g/mol. The van der Waals surface area contributed by atoms with Crippen molar-refractivity contribution in [2.24, 2.45) is 5.84 Å². The second-order valence-corrected chi connectivity index (χ2v) is 7.62. The lowest BCUT2D eigenvalue weighted by Crippen LogP contribution is -2.18. The molecule has 4 rings (SSSR count). The number of aromatic nitrogens is 1. The first-order chi connectivity index (χ1) is 15.1. The number of rotatable bonds is 7. The molecular weight excluding hydrogens is 388 g/mol. The van der Waals surface area contributed by atoms with E-state index in [4.69, 9.17) is 9.53 Å². The van der Waals surface area contributed by atoms with Crippen LogP contribution in [0.1, 0.15) is 41.1 Å². The minimum Gasteiger partial charge on any atom is -0.489 e. The first kappa shape index (κ1) is 22.3. The second-order valence-electron chi connectivity index (χ2n) is 7.62. The lowest BCUT2D eigenvalue weighted by atomic mass is 10.0. The number of nitrogens with two attached hydrogens (primary N) is 1. The zero-order chi connectivity index (χ0) is 22.2. The molecule has 1 saturated carbocycles. The highest BCUT2D eigenvalue weighted by Gasteiger charge is 2.27. The highest BCUT2D eigenvalue weighted by molar-refractivity contribution is 5.62. The summed E-state index contributed by atoms with van der Waals surface area (Å²) in [6.07, 6.45) is 2.98. The molecule has 3 aromatic rings. The van der Waals surface area contributed by atoms with Crippen molar-refractivity contribution in [2.45, 2.75) is 39.2 Å². The van der Waals surface area contributed by atoms with Crippen LogP contribution in [-0.2, 0) is 11.4 Å². The van der Waals surface area contributed by atoms with E-state index in [-0.39, 0.29) is 0 Å². The van der Waals surface area contributed by atoms with Gasteiger partial charge in [-0.15, -0.1) is 0 Å². The molecule has 6 heteroatoms. The van der Waals surface area contributed by atoms with Crippen LogP contribution in [-0.4, -0.2) is 18.4 Å². The summed E-state index contributed by atoms with van der Waals surface area (Å²) in [6, 6.07) is 18.9. The Morgan fingerprint density at radius 2 is 1.87 bits per heavy atom. The van der Waals surface area contributed by atoms with Crippen molar-refractivity contribution >= 4 is 12.1 Å². The Hall–Kier alpha value is -3.38. The number of ether oxygens (including phenoxy) is 1. The SMILES string of the molecule is CNc1cccc(C2CC2)c1COc1ccc(-c2cccc(C)n2)cc1C.NNC=O. The first-order valence-electron chi connectivity index (χ1n) is 10.4.